The van der Waals surface area contributed by atoms with Gasteiger partial charge >= 0.3 is 41.8 Å². The zero-order valence-electron chi connectivity index (χ0n) is 26.0. The van der Waals surface area contributed by atoms with Gasteiger partial charge in [-0.1, -0.05) is 0 Å². The second-order valence-electron chi connectivity index (χ2n) is 9.90. The van der Waals surface area contributed by atoms with Crippen LogP contribution < -0.4 is 0 Å². The fourth-order valence-electron chi connectivity index (χ4n) is 4.65. The van der Waals surface area contributed by atoms with Gasteiger partial charge in [0, 0.05) is 48.5 Å². The molecular weight excluding hydrogens is 642 g/mol. The van der Waals surface area contributed by atoms with Crippen molar-refractivity contribution in [1.82, 2.24) is 0 Å². The Morgan fingerprint density at radius 1 is 0.543 bits per heavy atom. The van der Waals surface area contributed by atoms with E-state index in [4.69, 9.17) is 47.4 Å². The first kappa shape index (κ1) is 38.2. The first-order chi connectivity index (χ1) is 21.5. The van der Waals surface area contributed by atoms with Crippen molar-refractivity contribution in [3.8, 4) is 0 Å². The number of isothiocyanates is 1. The third-order valence-electron chi connectivity index (χ3n) is 6.08. The van der Waals surface area contributed by atoms with E-state index in [1.165, 1.54) is 0 Å². The maximum Gasteiger partial charge on any atom is 0.303 e. The Kier molecular flexibility index (Phi) is 14.6. The molecule has 46 heavy (non-hydrogen) atoms. The van der Waals surface area contributed by atoms with Crippen molar-refractivity contribution in [2.24, 2.45) is 4.99 Å². The van der Waals surface area contributed by atoms with Crippen LogP contribution in [0.15, 0.2) is 4.99 Å². The summed E-state index contributed by atoms with van der Waals surface area (Å²) in [7, 11) is 0. The average Bonchev–Trinajstić information content (AvgIpc) is 2.91. The van der Waals surface area contributed by atoms with Gasteiger partial charge in [0.05, 0.1) is 5.16 Å². The SMILES string of the molecule is CC(=O)OC[C@H]1O[C@@H](O[C@H]2[C@H](OC(C)=O)[C@@H](OC(C)=O)[C@@H](N=C=S)O[C@@H]2COC(C)=O)[C@H](OC(C)=O)[C@@H](OC(C)=O)[C@H]1OC(C)=O. The standard InChI is InChI=1S/C27H35NO17S/c1-11(29)36-8-18-21(22(39-14(4)32)24(41-16(6)34)26(43-18)28-10-46)45-27-25(42-17(7)35)23(40-15(5)33)20(38-13(3)31)19(44-27)9-37-12(2)30/h18-27H,8-9H2,1-7H3/t18-,19-,20+,21-,22+,23+,24-,25-,26+,27+/m1/s1. The van der Waals surface area contributed by atoms with Crippen LogP contribution in [0.25, 0.3) is 0 Å². The minimum atomic E-state index is -1.78. The van der Waals surface area contributed by atoms with E-state index in [9.17, 15) is 33.6 Å². The molecule has 0 spiro atoms. The molecule has 256 valence electrons. The van der Waals surface area contributed by atoms with E-state index >= 15 is 0 Å². The summed E-state index contributed by atoms with van der Waals surface area (Å²) >= 11 is 4.69. The van der Waals surface area contributed by atoms with Crippen LogP contribution in [0.2, 0.25) is 0 Å². The van der Waals surface area contributed by atoms with Gasteiger partial charge in [-0.2, -0.15) is 4.99 Å². The molecule has 2 saturated heterocycles. The second kappa shape index (κ2) is 17.6. The Labute approximate surface area is 268 Å². The molecule has 19 heteroatoms. The molecule has 10 atom stereocenters. The number of hydrogen-bond donors (Lipinski definition) is 0. The Hall–Kier alpha value is -4.03. The van der Waals surface area contributed by atoms with Gasteiger partial charge in [0.15, 0.2) is 43.0 Å². The lowest BCUT2D eigenvalue weighted by molar-refractivity contribution is -0.344. The molecule has 0 aromatic rings. The van der Waals surface area contributed by atoms with E-state index in [-0.39, 0.29) is 0 Å². The minimum absolute atomic E-state index is 0.542. The molecule has 0 aromatic carbocycles. The maximum absolute atomic E-state index is 12.3. The highest BCUT2D eigenvalue weighted by molar-refractivity contribution is 7.78. The molecule has 0 amide bonds. The second-order valence-corrected chi connectivity index (χ2v) is 10.1. The Balaban J connectivity index is 2.73. The lowest BCUT2D eigenvalue weighted by Crippen LogP contribution is -2.67. The van der Waals surface area contributed by atoms with Crippen molar-refractivity contribution in [3.63, 3.8) is 0 Å². The van der Waals surface area contributed by atoms with Gasteiger partial charge in [-0.25, -0.2) is 0 Å². The number of hydrogen-bond acceptors (Lipinski definition) is 19. The van der Waals surface area contributed by atoms with Gasteiger partial charge in [-0.05, 0) is 12.2 Å². The van der Waals surface area contributed by atoms with Crippen LogP contribution in [-0.2, 0) is 80.9 Å². The van der Waals surface area contributed by atoms with Gasteiger partial charge in [0.2, 0.25) is 0 Å². The third kappa shape index (κ3) is 11.4. The highest BCUT2D eigenvalue weighted by atomic mass is 32.1. The predicted molar refractivity (Wildman–Crippen MR) is 148 cm³/mol. The molecular formula is C27H35NO17S. The smallest absolute Gasteiger partial charge is 0.303 e. The van der Waals surface area contributed by atoms with Crippen LogP contribution in [-0.4, -0.2) is 122 Å². The monoisotopic (exact) mass is 677 g/mol. The highest BCUT2D eigenvalue weighted by Gasteiger charge is 2.57. The summed E-state index contributed by atoms with van der Waals surface area (Å²) in [5.41, 5.74) is 0. The molecule has 0 bridgehead atoms. The lowest BCUT2D eigenvalue weighted by Gasteiger charge is -2.48. The molecule has 0 aliphatic carbocycles. The van der Waals surface area contributed by atoms with E-state index in [0.717, 1.165) is 48.5 Å². The Bertz CT molecular complexity index is 1220. The van der Waals surface area contributed by atoms with Crippen molar-refractivity contribution in [1.29, 1.82) is 0 Å². The van der Waals surface area contributed by atoms with Gasteiger partial charge in [-0.15, -0.1) is 0 Å². The molecule has 2 aliphatic rings. The van der Waals surface area contributed by atoms with E-state index in [1.807, 2.05) is 0 Å². The maximum atomic E-state index is 12.3. The van der Waals surface area contributed by atoms with Crippen molar-refractivity contribution in [2.75, 3.05) is 13.2 Å². The number of carbonyl (C=O) groups is 7. The predicted octanol–water partition coefficient (Wildman–Crippen LogP) is -0.291. The summed E-state index contributed by atoms with van der Waals surface area (Å²) < 4.78 is 55.3. The number of ether oxygens (including phenoxy) is 10. The van der Waals surface area contributed by atoms with Crippen LogP contribution in [0.4, 0.5) is 0 Å². The van der Waals surface area contributed by atoms with Gasteiger partial charge in [0.1, 0.15) is 31.5 Å². The van der Waals surface area contributed by atoms with Gasteiger partial charge < -0.3 is 47.4 Å². The summed E-state index contributed by atoms with van der Waals surface area (Å²) in [4.78, 5) is 88.1. The zero-order chi connectivity index (χ0) is 34.7. The molecule has 2 heterocycles. The molecule has 18 nitrogen and oxygen atoms in total. The molecule has 0 unspecified atom stereocenters. The zero-order valence-corrected chi connectivity index (χ0v) is 26.8. The molecule has 2 rings (SSSR count). The molecule has 0 aromatic heterocycles. The van der Waals surface area contributed by atoms with Gasteiger partial charge in [0.25, 0.3) is 0 Å². The highest BCUT2D eigenvalue weighted by Crippen LogP contribution is 2.35. The van der Waals surface area contributed by atoms with Crippen LogP contribution >= 0.6 is 12.2 Å². The molecule has 0 saturated carbocycles. The number of esters is 7. The normalized spacial score (nSPS) is 30.3. The molecule has 2 fully saturated rings. The van der Waals surface area contributed by atoms with Crippen molar-refractivity contribution in [3.05, 3.63) is 0 Å². The van der Waals surface area contributed by atoms with E-state index in [1.54, 1.807) is 0 Å². The minimum Gasteiger partial charge on any atom is -0.463 e. The number of rotatable bonds is 12. The van der Waals surface area contributed by atoms with Crippen LogP contribution in [0, 0.1) is 0 Å². The number of carbonyl (C=O) groups excluding carboxylic acids is 7. The van der Waals surface area contributed by atoms with Crippen LogP contribution in [0.5, 0.6) is 0 Å². The van der Waals surface area contributed by atoms with E-state index in [0.29, 0.717) is 0 Å². The molecule has 0 radical (unpaired) electrons. The Morgan fingerprint density at radius 2 is 0.935 bits per heavy atom. The van der Waals surface area contributed by atoms with Crippen molar-refractivity contribution >= 4 is 59.2 Å². The largest absolute Gasteiger partial charge is 0.463 e. The van der Waals surface area contributed by atoms with Crippen LogP contribution in [0.3, 0.4) is 0 Å². The topological polar surface area (TPSA) is 224 Å². The van der Waals surface area contributed by atoms with E-state index in [2.05, 4.69) is 22.4 Å². The number of aliphatic imine (C=N–C) groups is 1. The van der Waals surface area contributed by atoms with Crippen molar-refractivity contribution in [2.45, 2.75) is 110 Å². The fourth-order valence-corrected chi connectivity index (χ4v) is 4.75. The van der Waals surface area contributed by atoms with Crippen LogP contribution in [0.1, 0.15) is 48.5 Å². The number of thiocarbonyl (C=S) groups is 1. The summed E-state index contributed by atoms with van der Waals surface area (Å²) in [5.74, 6) is -5.88. The number of nitrogens with zero attached hydrogens (tertiary/aromatic N) is 1. The first-order valence-corrected chi connectivity index (χ1v) is 14.1. The quantitative estimate of drug-likeness (QED) is 0.112. The fraction of sp³-hybridized carbons (Fsp3) is 0.704. The average molecular weight is 678 g/mol. The third-order valence-corrected chi connectivity index (χ3v) is 6.19. The molecule has 2 aliphatic heterocycles. The van der Waals surface area contributed by atoms with E-state index < -0.39 is 116 Å². The Morgan fingerprint density at radius 3 is 1.37 bits per heavy atom. The summed E-state index contributed by atoms with van der Waals surface area (Å²) in [6.07, 6.45) is -15.4. The summed E-state index contributed by atoms with van der Waals surface area (Å²) in [6, 6.07) is 0. The molecule has 0 N–H and O–H groups in total. The summed E-state index contributed by atoms with van der Waals surface area (Å²) in [6.45, 7) is 6.30. The van der Waals surface area contributed by atoms with Gasteiger partial charge in [-0.3, -0.25) is 33.6 Å². The lowest BCUT2D eigenvalue weighted by atomic mass is 9.95. The first-order valence-electron chi connectivity index (χ1n) is 13.7. The summed E-state index contributed by atoms with van der Waals surface area (Å²) in [5, 5.41) is 2.09. The van der Waals surface area contributed by atoms with Crippen molar-refractivity contribution < 1.29 is 80.9 Å².